The van der Waals surface area contributed by atoms with E-state index in [0.717, 1.165) is 19.3 Å². The first-order chi connectivity index (χ1) is 5.47. The van der Waals surface area contributed by atoms with Crippen LogP contribution in [0, 0.1) is 11.8 Å². The van der Waals surface area contributed by atoms with E-state index in [9.17, 15) is 8.42 Å². The van der Waals surface area contributed by atoms with Crippen molar-refractivity contribution >= 4 is 19.7 Å². The van der Waals surface area contributed by atoms with Crippen molar-refractivity contribution in [2.75, 3.05) is 5.75 Å². The van der Waals surface area contributed by atoms with Crippen LogP contribution in [0.15, 0.2) is 0 Å². The minimum atomic E-state index is -3.27. The molecule has 2 nitrogen and oxygen atoms in total. The molecule has 1 rings (SSSR count). The molecule has 1 aliphatic rings. The Kier molecular flexibility index (Phi) is 3.41. The molecule has 0 aliphatic heterocycles. The highest BCUT2D eigenvalue weighted by Crippen LogP contribution is 2.29. The van der Waals surface area contributed by atoms with Crippen molar-refractivity contribution in [3.05, 3.63) is 0 Å². The lowest BCUT2D eigenvalue weighted by Gasteiger charge is -2.25. The SMILES string of the molecule is CC1CCCC(CS(=O)(=O)Cl)C1. The molecule has 0 heterocycles. The van der Waals surface area contributed by atoms with E-state index in [1.807, 2.05) is 0 Å². The van der Waals surface area contributed by atoms with Gasteiger partial charge in [-0.25, -0.2) is 8.42 Å². The summed E-state index contributed by atoms with van der Waals surface area (Å²) in [5.41, 5.74) is 0. The highest BCUT2D eigenvalue weighted by molar-refractivity contribution is 8.13. The average Bonchev–Trinajstić information content (AvgIpc) is 1.82. The second-order valence-electron chi connectivity index (χ2n) is 3.84. The Hall–Kier alpha value is 0.240. The fraction of sp³-hybridized carbons (Fsp3) is 1.00. The monoisotopic (exact) mass is 210 g/mol. The van der Waals surface area contributed by atoms with Crippen molar-refractivity contribution < 1.29 is 8.42 Å². The van der Waals surface area contributed by atoms with Crippen LogP contribution < -0.4 is 0 Å². The third kappa shape index (κ3) is 3.76. The Morgan fingerprint density at radius 3 is 2.58 bits per heavy atom. The molecule has 0 saturated heterocycles. The Balaban J connectivity index is 2.43. The Morgan fingerprint density at radius 1 is 1.42 bits per heavy atom. The number of hydrogen-bond acceptors (Lipinski definition) is 2. The van der Waals surface area contributed by atoms with Gasteiger partial charge in [-0.15, -0.1) is 0 Å². The van der Waals surface area contributed by atoms with E-state index in [-0.39, 0.29) is 5.75 Å². The minimum Gasteiger partial charge on any atom is -0.212 e. The third-order valence-electron chi connectivity index (χ3n) is 2.48. The summed E-state index contributed by atoms with van der Waals surface area (Å²) in [6.45, 7) is 2.17. The summed E-state index contributed by atoms with van der Waals surface area (Å²) in [6, 6.07) is 0. The summed E-state index contributed by atoms with van der Waals surface area (Å²) in [4.78, 5) is 0. The van der Waals surface area contributed by atoms with Crippen LogP contribution in [0.2, 0.25) is 0 Å². The van der Waals surface area contributed by atoms with E-state index in [0.29, 0.717) is 11.8 Å². The molecule has 2 atom stereocenters. The molecule has 0 aromatic rings. The number of rotatable bonds is 2. The summed E-state index contributed by atoms with van der Waals surface area (Å²) < 4.78 is 21.5. The first-order valence-electron chi connectivity index (χ1n) is 4.39. The highest BCUT2D eigenvalue weighted by Gasteiger charge is 2.22. The summed E-state index contributed by atoms with van der Waals surface area (Å²) in [5, 5.41) is 0. The molecule has 72 valence electrons. The smallest absolute Gasteiger partial charge is 0.212 e. The molecule has 2 unspecified atom stereocenters. The van der Waals surface area contributed by atoms with Crippen molar-refractivity contribution in [1.29, 1.82) is 0 Å². The second kappa shape index (κ2) is 3.97. The summed E-state index contributed by atoms with van der Waals surface area (Å²) in [6.07, 6.45) is 4.43. The van der Waals surface area contributed by atoms with Gasteiger partial charge in [0, 0.05) is 10.7 Å². The van der Waals surface area contributed by atoms with E-state index < -0.39 is 9.05 Å². The van der Waals surface area contributed by atoms with Gasteiger partial charge >= 0.3 is 0 Å². The molecule has 0 radical (unpaired) electrons. The van der Waals surface area contributed by atoms with Crippen molar-refractivity contribution in [3.8, 4) is 0 Å². The molecule has 0 aromatic carbocycles. The van der Waals surface area contributed by atoms with Crippen LogP contribution >= 0.6 is 10.7 Å². The first-order valence-corrected chi connectivity index (χ1v) is 6.87. The van der Waals surface area contributed by atoms with Gasteiger partial charge in [0.1, 0.15) is 0 Å². The minimum absolute atomic E-state index is 0.166. The zero-order chi connectivity index (χ0) is 9.19. The van der Waals surface area contributed by atoms with Crippen LogP contribution in [0.25, 0.3) is 0 Å². The lowest BCUT2D eigenvalue weighted by molar-refractivity contribution is 0.303. The molecule has 1 saturated carbocycles. The average molecular weight is 211 g/mol. The van der Waals surface area contributed by atoms with Gasteiger partial charge in [-0.05, 0) is 24.7 Å². The van der Waals surface area contributed by atoms with Gasteiger partial charge in [0.15, 0.2) is 0 Å². The van der Waals surface area contributed by atoms with Gasteiger partial charge in [-0.2, -0.15) is 0 Å². The Labute approximate surface area is 78.7 Å². The van der Waals surface area contributed by atoms with Crippen LogP contribution in [-0.2, 0) is 9.05 Å². The standard InChI is InChI=1S/C8H15ClO2S/c1-7-3-2-4-8(5-7)6-12(9,10)11/h7-8H,2-6H2,1H3. The van der Waals surface area contributed by atoms with E-state index in [1.165, 1.54) is 6.42 Å². The van der Waals surface area contributed by atoms with Crippen LogP contribution in [0.4, 0.5) is 0 Å². The fourth-order valence-electron chi connectivity index (χ4n) is 1.99. The zero-order valence-corrected chi connectivity index (χ0v) is 8.87. The molecule has 1 aliphatic carbocycles. The highest BCUT2D eigenvalue weighted by atomic mass is 35.7. The van der Waals surface area contributed by atoms with Gasteiger partial charge in [0.05, 0.1) is 5.75 Å². The van der Waals surface area contributed by atoms with Crippen molar-refractivity contribution in [2.45, 2.75) is 32.6 Å². The largest absolute Gasteiger partial charge is 0.232 e. The molecule has 0 bridgehead atoms. The molecule has 0 amide bonds. The van der Waals surface area contributed by atoms with Gasteiger partial charge in [-0.1, -0.05) is 19.8 Å². The Morgan fingerprint density at radius 2 is 2.08 bits per heavy atom. The normalized spacial score (nSPS) is 31.8. The van der Waals surface area contributed by atoms with E-state index in [2.05, 4.69) is 6.92 Å². The van der Waals surface area contributed by atoms with E-state index >= 15 is 0 Å². The Bertz CT molecular complexity index is 235. The van der Waals surface area contributed by atoms with Gasteiger partial charge in [-0.3, -0.25) is 0 Å². The van der Waals surface area contributed by atoms with Gasteiger partial charge in [0.2, 0.25) is 9.05 Å². The summed E-state index contributed by atoms with van der Waals surface area (Å²) >= 11 is 0. The molecular formula is C8H15ClO2S. The van der Waals surface area contributed by atoms with E-state index in [4.69, 9.17) is 10.7 Å². The molecule has 1 fully saturated rings. The number of halogens is 1. The molecular weight excluding hydrogens is 196 g/mol. The van der Waals surface area contributed by atoms with Crippen LogP contribution in [0.5, 0.6) is 0 Å². The van der Waals surface area contributed by atoms with Crippen molar-refractivity contribution in [1.82, 2.24) is 0 Å². The summed E-state index contributed by atoms with van der Waals surface area (Å²) in [5.74, 6) is 1.14. The van der Waals surface area contributed by atoms with Gasteiger partial charge < -0.3 is 0 Å². The van der Waals surface area contributed by atoms with Crippen LogP contribution in [-0.4, -0.2) is 14.2 Å². The molecule has 0 N–H and O–H groups in total. The predicted molar refractivity (Wildman–Crippen MR) is 50.8 cm³/mol. The molecule has 0 aromatic heterocycles. The maximum absolute atomic E-state index is 10.8. The maximum atomic E-state index is 10.8. The topological polar surface area (TPSA) is 34.1 Å². The lowest BCUT2D eigenvalue weighted by Crippen LogP contribution is -2.19. The van der Waals surface area contributed by atoms with Crippen LogP contribution in [0.3, 0.4) is 0 Å². The zero-order valence-electron chi connectivity index (χ0n) is 7.29. The molecule has 4 heteroatoms. The summed E-state index contributed by atoms with van der Waals surface area (Å²) in [7, 11) is 1.91. The lowest BCUT2D eigenvalue weighted by atomic mass is 9.84. The van der Waals surface area contributed by atoms with Crippen molar-refractivity contribution in [3.63, 3.8) is 0 Å². The third-order valence-corrected chi connectivity index (χ3v) is 3.73. The second-order valence-corrected chi connectivity index (χ2v) is 6.66. The maximum Gasteiger partial charge on any atom is 0.232 e. The molecule has 0 spiro atoms. The van der Waals surface area contributed by atoms with Crippen molar-refractivity contribution in [2.24, 2.45) is 11.8 Å². The quantitative estimate of drug-likeness (QED) is 0.656. The van der Waals surface area contributed by atoms with Gasteiger partial charge in [0.25, 0.3) is 0 Å². The molecule has 12 heavy (non-hydrogen) atoms. The van der Waals surface area contributed by atoms with E-state index in [1.54, 1.807) is 0 Å². The predicted octanol–water partition coefficient (Wildman–Crippen LogP) is 2.38. The fourth-order valence-corrected chi connectivity index (χ4v) is 3.39. The van der Waals surface area contributed by atoms with Crippen LogP contribution in [0.1, 0.15) is 32.6 Å². The first kappa shape index (κ1) is 10.3. The number of hydrogen-bond donors (Lipinski definition) is 0.